The first-order valence-corrected chi connectivity index (χ1v) is 10.4. The van der Waals surface area contributed by atoms with Crippen LogP contribution in [0.1, 0.15) is 61.7 Å². The molecule has 1 saturated carbocycles. The zero-order chi connectivity index (χ0) is 21.5. The van der Waals surface area contributed by atoms with Crippen molar-refractivity contribution in [2.24, 2.45) is 17.2 Å². The van der Waals surface area contributed by atoms with Gasteiger partial charge in [0.15, 0.2) is 0 Å². The largest absolute Gasteiger partial charge is 0.480 e. The number of unbranched alkanes of at least 4 members (excludes halogenated alkanes) is 1. The molecule has 0 aromatic heterocycles. The van der Waals surface area contributed by atoms with Crippen molar-refractivity contribution < 1.29 is 14.7 Å². The fraction of sp³-hybridized carbons (Fsp3) is 0.478. The second-order valence-electron chi connectivity index (χ2n) is 7.35. The third kappa shape index (κ3) is 10.7. The van der Waals surface area contributed by atoms with Crippen LogP contribution in [0.5, 0.6) is 0 Å². The second kappa shape index (κ2) is 14.7. The van der Waals surface area contributed by atoms with E-state index in [4.69, 9.17) is 22.3 Å². The lowest BCUT2D eigenvalue weighted by molar-refractivity contribution is -0.138. The molecule has 0 amide bonds. The molecule has 0 radical (unpaired) electrons. The van der Waals surface area contributed by atoms with Gasteiger partial charge in [-0.3, -0.25) is 9.59 Å². The molecule has 6 nitrogen and oxygen atoms in total. The molecule has 29 heavy (non-hydrogen) atoms. The number of carboxylic acid groups (broad SMARTS) is 1. The van der Waals surface area contributed by atoms with E-state index >= 15 is 0 Å². The van der Waals surface area contributed by atoms with Crippen molar-refractivity contribution in [1.29, 1.82) is 0 Å². The molecule has 160 valence electrons. The molecule has 1 fully saturated rings. The molecule has 7 N–H and O–H groups in total. The number of fused-ring (bicyclic) bond motifs is 1. The number of hydrogen-bond acceptors (Lipinski definition) is 5. The monoisotopic (exact) mass is 401 g/mol. The molecule has 0 spiro atoms. The van der Waals surface area contributed by atoms with Crippen LogP contribution < -0.4 is 17.2 Å². The van der Waals surface area contributed by atoms with Crippen molar-refractivity contribution in [3.05, 3.63) is 48.0 Å². The Bertz CT molecular complexity index is 730. The molecule has 2 aromatic carbocycles. The Morgan fingerprint density at radius 3 is 2.24 bits per heavy atom. The average molecular weight is 402 g/mol. The summed E-state index contributed by atoms with van der Waals surface area (Å²) < 4.78 is 0. The summed E-state index contributed by atoms with van der Waals surface area (Å²) in [6.07, 6.45) is 9.69. The van der Waals surface area contributed by atoms with Crippen LogP contribution in [0, 0.1) is 0 Å². The van der Waals surface area contributed by atoms with Crippen molar-refractivity contribution in [3.63, 3.8) is 0 Å². The fourth-order valence-electron chi connectivity index (χ4n) is 3.05. The Hall–Kier alpha value is -2.28. The number of rotatable bonds is 6. The van der Waals surface area contributed by atoms with Crippen LogP contribution in [0.4, 0.5) is 0 Å². The van der Waals surface area contributed by atoms with Gasteiger partial charge in [-0.05, 0) is 49.1 Å². The zero-order valence-corrected chi connectivity index (χ0v) is 17.1. The minimum atomic E-state index is -0.933. The van der Waals surface area contributed by atoms with Gasteiger partial charge in [0, 0.05) is 11.6 Å². The maximum absolute atomic E-state index is 10.5. The zero-order valence-electron chi connectivity index (χ0n) is 17.1. The van der Waals surface area contributed by atoms with E-state index in [2.05, 4.69) is 0 Å². The lowest BCUT2D eigenvalue weighted by Gasteiger charge is -2.15. The topological polar surface area (TPSA) is 132 Å². The Kier molecular flexibility index (Phi) is 12.5. The highest BCUT2D eigenvalue weighted by Crippen LogP contribution is 2.15. The van der Waals surface area contributed by atoms with Gasteiger partial charge in [0.2, 0.25) is 0 Å². The van der Waals surface area contributed by atoms with E-state index < -0.39 is 12.0 Å². The number of carbonyl (C=O) groups is 2. The smallest absolute Gasteiger partial charge is 0.320 e. The van der Waals surface area contributed by atoms with E-state index in [1.54, 1.807) is 0 Å². The van der Waals surface area contributed by atoms with Gasteiger partial charge in [-0.1, -0.05) is 62.1 Å². The maximum Gasteiger partial charge on any atom is 0.320 e. The van der Waals surface area contributed by atoms with Crippen molar-refractivity contribution in [1.82, 2.24) is 0 Å². The van der Waals surface area contributed by atoms with Gasteiger partial charge in [0.05, 0.1) is 0 Å². The number of nitrogens with two attached hydrogens (primary N) is 3. The van der Waals surface area contributed by atoms with E-state index in [1.165, 1.54) is 37.5 Å². The standard InChI is InChI=1S/C11H8O.C6H14N2O2.C6H13N/c12-8-9-5-6-10-3-1-2-4-11(10)7-9;7-4-2-1-3-5(8)6(9)10;7-6-4-2-1-3-5-6/h1-8H;5H,1-4,7-8H2,(H,9,10);6H,1-5,7H2. The molecular weight excluding hydrogens is 366 g/mol. The van der Waals surface area contributed by atoms with Gasteiger partial charge in [-0.15, -0.1) is 0 Å². The quantitative estimate of drug-likeness (QED) is 0.433. The van der Waals surface area contributed by atoms with Gasteiger partial charge in [0.1, 0.15) is 12.3 Å². The third-order valence-corrected chi connectivity index (χ3v) is 4.85. The van der Waals surface area contributed by atoms with Crippen LogP contribution in [0.2, 0.25) is 0 Å². The van der Waals surface area contributed by atoms with E-state index in [9.17, 15) is 9.59 Å². The van der Waals surface area contributed by atoms with Crippen molar-refractivity contribution in [3.8, 4) is 0 Å². The molecule has 0 bridgehead atoms. The lowest BCUT2D eigenvalue weighted by Crippen LogP contribution is -2.29. The van der Waals surface area contributed by atoms with Gasteiger partial charge < -0.3 is 22.3 Å². The summed E-state index contributed by atoms with van der Waals surface area (Å²) >= 11 is 0. The summed E-state index contributed by atoms with van der Waals surface area (Å²) in [6, 6.07) is 13.5. The molecular formula is C23H35N3O3. The number of hydrogen-bond donors (Lipinski definition) is 4. The first kappa shape index (κ1) is 24.8. The van der Waals surface area contributed by atoms with E-state index in [1.807, 2.05) is 42.5 Å². The SMILES string of the molecule is NC1CCCCC1.NCCCCC(N)C(=O)O.O=Cc1ccc2ccccc2c1. The van der Waals surface area contributed by atoms with Crippen molar-refractivity contribution in [2.75, 3.05) is 6.54 Å². The van der Waals surface area contributed by atoms with Gasteiger partial charge in [-0.2, -0.15) is 0 Å². The molecule has 0 saturated heterocycles. The first-order valence-electron chi connectivity index (χ1n) is 10.4. The number of benzene rings is 2. The number of aliphatic carboxylic acids is 1. The summed E-state index contributed by atoms with van der Waals surface area (Å²) in [5.74, 6) is -0.933. The minimum Gasteiger partial charge on any atom is -0.480 e. The molecule has 1 aliphatic carbocycles. The molecule has 6 heteroatoms. The van der Waals surface area contributed by atoms with Crippen molar-refractivity contribution in [2.45, 2.75) is 63.5 Å². The number of aldehydes is 1. The average Bonchev–Trinajstić information content (AvgIpc) is 2.75. The highest BCUT2D eigenvalue weighted by Gasteiger charge is 2.09. The summed E-state index contributed by atoms with van der Waals surface area (Å²) in [4.78, 5) is 20.6. The Balaban J connectivity index is 0.000000226. The predicted octanol–water partition coefficient (Wildman–Crippen LogP) is 3.46. The number of carbonyl (C=O) groups excluding carboxylic acids is 1. The molecule has 0 aliphatic heterocycles. The first-order chi connectivity index (χ1) is 14.0. The van der Waals surface area contributed by atoms with Crippen LogP contribution in [0.3, 0.4) is 0 Å². The molecule has 3 rings (SSSR count). The van der Waals surface area contributed by atoms with Crippen LogP contribution in [0.15, 0.2) is 42.5 Å². The normalized spacial score (nSPS) is 14.7. The Morgan fingerprint density at radius 2 is 1.72 bits per heavy atom. The van der Waals surface area contributed by atoms with Gasteiger partial charge in [0.25, 0.3) is 0 Å². The van der Waals surface area contributed by atoms with Gasteiger partial charge in [-0.25, -0.2) is 0 Å². The Morgan fingerprint density at radius 1 is 1.07 bits per heavy atom. The molecule has 1 aliphatic rings. The maximum atomic E-state index is 10.5. The Labute approximate surface area is 173 Å². The second-order valence-corrected chi connectivity index (χ2v) is 7.35. The highest BCUT2D eigenvalue weighted by molar-refractivity contribution is 5.88. The molecule has 2 aromatic rings. The van der Waals surface area contributed by atoms with E-state index in [-0.39, 0.29) is 0 Å². The summed E-state index contributed by atoms with van der Waals surface area (Å²) in [7, 11) is 0. The highest BCUT2D eigenvalue weighted by atomic mass is 16.4. The molecule has 0 heterocycles. The number of carboxylic acids is 1. The summed E-state index contributed by atoms with van der Waals surface area (Å²) in [5.41, 5.74) is 16.8. The molecule has 1 atom stereocenters. The third-order valence-electron chi connectivity index (χ3n) is 4.85. The van der Waals surface area contributed by atoms with Crippen LogP contribution >= 0.6 is 0 Å². The summed E-state index contributed by atoms with van der Waals surface area (Å²) in [6.45, 7) is 0.604. The predicted molar refractivity (Wildman–Crippen MR) is 119 cm³/mol. The van der Waals surface area contributed by atoms with Crippen molar-refractivity contribution >= 4 is 23.0 Å². The van der Waals surface area contributed by atoms with Crippen LogP contribution in [0.25, 0.3) is 10.8 Å². The lowest BCUT2D eigenvalue weighted by atomic mass is 9.97. The van der Waals surface area contributed by atoms with E-state index in [0.717, 1.165) is 30.1 Å². The summed E-state index contributed by atoms with van der Waals surface area (Å²) in [5, 5.41) is 10.6. The van der Waals surface area contributed by atoms with E-state index in [0.29, 0.717) is 19.0 Å². The fourth-order valence-corrected chi connectivity index (χ4v) is 3.05. The molecule has 1 unspecified atom stereocenters. The van der Waals surface area contributed by atoms with Crippen LogP contribution in [-0.4, -0.2) is 36.0 Å². The van der Waals surface area contributed by atoms with Gasteiger partial charge >= 0.3 is 5.97 Å². The minimum absolute atomic E-state index is 0.520. The van der Waals surface area contributed by atoms with Crippen LogP contribution in [-0.2, 0) is 4.79 Å².